The maximum Gasteiger partial charge on any atom is 0.212 e. The van der Waals surface area contributed by atoms with Crippen molar-refractivity contribution in [3.8, 4) is 0 Å². The molecule has 0 aromatic rings. The Hall–Kier alpha value is -0.990. The molecule has 68 valence electrons. The Morgan fingerprint density at radius 2 is 2.42 bits per heavy atom. The van der Waals surface area contributed by atoms with Gasteiger partial charge in [0.2, 0.25) is 5.88 Å². The molecule has 0 N–H and O–H groups in total. The van der Waals surface area contributed by atoms with Gasteiger partial charge in [0, 0.05) is 13.1 Å². The molecule has 0 aliphatic carbocycles. The van der Waals surface area contributed by atoms with Crippen LogP contribution >= 0.6 is 0 Å². The second kappa shape index (κ2) is 4.80. The van der Waals surface area contributed by atoms with Gasteiger partial charge in [-0.2, -0.15) is 0 Å². The van der Waals surface area contributed by atoms with Gasteiger partial charge in [0.25, 0.3) is 0 Å². The average molecular weight is 168 g/mol. The van der Waals surface area contributed by atoms with E-state index in [1.165, 1.54) is 0 Å². The Kier molecular flexibility index (Phi) is 3.64. The van der Waals surface area contributed by atoms with E-state index in [1.54, 1.807) is 0 Å². The number of hydrogen-bond acceptors (Lipinski definition) is 3. The Labute approximate surface area is 73.7 Å². The van der Waals surface area contributed by atoms with Gasteiger partial charge >= 0.3 is 0 Å². The first-order chi connectivity index (χ1) is 5.86. The van der Waals surface area contributed by atoms with E-state index in [1.807, 2.05) is 19.3 Å². The SMILES string of the molecule is CCCN1C=NC(OCC)=CC1. The Bertz CT molecular complexity index is 187. The maximum absolute atomic E-state index is 5.25. The van der Waals surface area contributed by atoms with E-state index >= 15 is 0 Å². The van der Waals surface area contributed by atoms with Crippen molar-refractivity contribution in [2.75, 3.05) is 19.7 Å². The van der Waals surface area contributed by atoms with Gasteiger partial charge in [-0.05, 0) is 19.4 Å². The standard InChI is InChI=1S/C9H16N2O/c1-3-6-11-7-5-9(10-8-11)12-4-2/h5,8H,3-4,6-7H2,1-2H3. The van der Waals surface area contributed by atoms with Gasteiger partial charge in [-0.25, -0.2) is 4.99 Å². The molecule has 0 fully saturated rings. The quantitative estimate of drug-likeness (QED) is 0.637. The Balaban J connectivity index is 2.33. The minimum atomic E-state index is 0.691. The molecule has 1 aliphatic heterocycles. The van der Waals surface area contributed by atoms with Crippen molar-refractivity contribution < 1.29 is 4.74 Å². The van der Waals surface area contributed by atoms with Crippen LogP contribution in [0.5, 0.6) is 0 Å². The predicted molar refractivity (Wildman–Crippen MR) is 50.1 cm³/mol. The van der Waals surface area contributed by atoms with Crippen molar-refractivity contribution in [3.05, 3.63) is 12.0 Å². The molecule has 3 nitrogen and oxygen atoms in total. The van der Waals surface area contributed by atoms with E-state index in [0.29, 0.717) is 6.61 Å². The molecule has 3 heteroatoms. The molecule has 0 radical (unpaired) electrons. The van der Waals surface area contributed by atoms with Crippen LogP contribution in [0.4, 0.5) is 0 Å². The lowest BCUT2D eigenvalue weighted by Crippen LogP contribution is -2.25. The molecule has 0 unspecified atom stereocenters. The van der Waals surface area contributed by atoms with Crippen LogP contribution in [-0.2, 0) is 4.74 Å². The lowest BCUT2D eigenvalue weighted by Gasteiger charge is -2.20. The van der Waals surface area contributed by atoms with E-state index < -0.39 is 0 Å². The summed E-state index contributed by atoms with van der Waals surface area (Å²) in [5.41, 5.74) is 0. The Morgan fingerprint density at radius 1 is 1.58 bits per heavy atom. The topological polar surface area (TPSA) is 24.8 Å². The minimum absolute atomic E-state index is 0.691. The van der Waals surface area contributed by atoms with Gasteiger partial charge in [-0.1, -0.05) is 6.92 Å². The van der Waals surface area contributed by atoms with E-state index in [-0.39, 0.29) is 0 Å². The summed E-state index contributed by atoms with van der Waals surface area (Å²) in [6.45, 7) is 6.81. The summed E-state index contributed by atoms with van der Waals surface area (Å²) in [6, 6.07) is 0. The first-order valence-corrected chi connectivity index (χ1v) is 4.48. The monoisotopic (exact) mass is 168 g/mol. The van der Waals surface area contributed by atoms with Gasteiger partial charge in [0.15, 0.2) is 0 Å². The normalized spacial score (nSPS) is 16.2. The summed E-state index contributed by atoms with van der Waals surface area (Å²) in [7, 11) is 0. The maximum atomic E-state index is 5.25. The lowest BCUT2D eigenvalue weighted by molar-refractivity contribution is 0.221. The zero-order chi connectivity index (χ0) is 8.81. The zero-order valence-corrected chi connectivity index (χ0v) is 7.79. The summed E-state index contributed by atoms with van der Waals surface area (Å²) >= 11 is 0. The largest absolute Gasteiger partial charge is 0.478 e. The van der Waals surface area contributed by atoms with Crippen molar-refractivity contribution in [3.63, 3.8) is 0 Å². The first kappa shape index (κ1) is 9.10. The summed E-state index contributed by atoms with van der Waals surface area (Å²) < 4.78 is 5.25. The van der Waals surface area contributed by atoms with Crippen molar-refractivity contribution in [1.29, 1.82) is 0 Å². The fourth-order valence-corrected chi connectivity index (χ4v) is 1.11. The minimum Gasteiger partial charge on any atom is -0.478 e. The summed E-state index contributed by atoms with van der Waals surface area (Å²) in [4.78, 5) is 6.33. The van der Waals surface area contributed by atoms with Gasteiger partial charge in [0.05, 0.1) is 12.9 Å². The fourth-order valence-electron chi connectivity index (χ4n) is 1.11. The highest BCUT2D eigenvalue weighted by molar-refractivity contribution is 5.58. The van der Waals surface area contributed by atoms with Gasteiger partial charge in [0.1, 0.15) is 0 Å². The molecule has 0 atom stereocenters. The molecular weight excluding hydrogens is 152 g/mol. The summed E-state index contributed by atoms with van der Waals surface area (Å²) in [5, 5.41) is 0. The first-order valence-electron chi connectivity index (χ1n) is 4.48. The molecule has 0 saturated carbocycles. The molecule has 0 aromatic carbocycles. The second-order valence-corrected chi connectivity index (χ2v) is 2.71. The van der Waals surface area contributed by atoms with Crippen LogP contribution in [0.3, 0.4) is 0 Å². The third kappa shape index (κ3) is 2.57. The van der Waals surface area contributed by atoms with Crippen LogP contribution in [0.2, 0.25) is 0 Å². The van der Waals surface area contributed by atoms with Crippen LogP contribution in [0.25, 0.3) is 0 Å². The van der Waals surface area contributed by atoms with Crippen LogP contribution in [0.1, 0.15) is 20.3 Å². The Morgan fingerprint density at radius 3 is 2.92 bits per heavy atom. The third-order valence-electron chi connectivity index (χ3n) is 1.65. The highest BCUT2D eigenvalue weighted by Crippen LogP contribution is 2.04. The molecule has 0 spiro atoms. The van der Waals surface area contributed by atoms with Crippen LogP contribution in [0.15, 0.2) is 17.0 Å². The smallest absolute Gasteiger partial charge is 0.212 e. The molecule has 1 rings (SSSR count). The third-order valence-corrected chi connectivity index (χ3v) is 1.65. The van der Waals surface area contributed by atoms with Crippen molar-refractivity contribution in [1.82, 2.24) is 4.90 Å². The van der Waals surface area contributed by atoms with Crippen molar-refractivity contribution >= 4 is 6.34 Å². The highest BCUT2D eigenvalue weighted by atomic mass is 16.5. The average Bonchev–Trinajstić information content (AvgIpc) is 2.09. The van der Waals surface area contributed by atoms with Gasteiger partial charge < -0.3 is 9.64 Å². The van der Waals surface area contributed by atoms with Crippen LogP contribution in [0, 0.1) is 0 Å². The van der Waals surface area contributed by atoms with E-state index in [2.05, 4.69) is 16.8 Å². The number of rotatable bonds is 4. The van der Waals surface area contributed by atoms with Crippen LogP contribution in [-0.4, -0.2) is 30.9 Å². The molecule has 12 heavy (non-hydrogen) atoms. The molecular formula is C9H16N2O. The molecule has 0 aromatic heterocycles. The van der Waals surface area contributed by atoms with Crippen LogP contribution < -0.4 is 0 Å². The predicted octanol–water partition coefficient (Wildman–Crippen LogP) is 1.62. The summed E-state index contributed by atoms with van der Waals surface area (Å²) in [5.74, 6) is 0.754. The van der Waals surface area contributed by atoms with E-state index in [0.717, 1.165) is 25.4 Å². The van der Waals surface area contributed by atoms with E-state index in [9.17, 15) is 0 Å². The lowest BCUT2D eigenvalue weighted by atomic mass is 10.4. The molecule has 1 heterocycles. The van der Waals surface area contributed by atoms with Crippen molar-refractivity contribution in [2.45, 2.75) is 20.3 Å². The van der Waals surface area contributed by atoms with Gasteiger partial charge in [-0.3, -0.25) is 0 Å². The van der Waals surface area contributed by atoms with Crippen molar-refractivity contribution in [2.24, 2.45) is 4.99 Å². The molecule has 0 bridgehead atoms. The number of hydrogen-bond donors (Lipinski definition) is 0. The number of nitrogens with zero attached hydrogens (tertiary/aromatic N) is 2. The number of aliphatic imine (C=N–C) groups is 1. The fraction of sp³-hybridized carbons (Fsp3) is 0.667. The molecule has 0 saturated heterocycles. The van der Waals surface area contributed by atoms with E-state index in [4.69, 9.17) is 4.74 Å². The summed E-state index contributed by atoms with van der Waals surface area (Å²) in [6.07, 6.45) is 5.03. The number of ether oxygens (including phenoxy) is 1. The van der Waals surface area contributed by atoms with Gasteiger partial charge in [-0.15, -0.1) is 0 Å². The second-order valence-electron chi connectivity index (χ2n) is 2.71. The molecule has 1 aliphatic rings. The zero-order valence-electron chi connectivity index (χ0n) is 7.79. The molecule has 0 amide bonds. The highest BCUT2D eigenvalue weighted by Gasteiger charge is 2.03.